The number of rotatable bonds is 5. The van der Waals surface area contributed by atoms with Gasteiger partial charge in [-0.2, -0.15) is 35.2 Å². The quantitative estimate of drug-likeness (QED) is 0.554. The van der Waals surface area contributed by atoms with E-state index in [0.29, 0.717) is 26.7 Å². The van der Waals surface area contributed by atoms with Gasteiger partial charge in [0.15, 0.2) is 5.69 Å². The van der Waals surface area contributed by atoms with Crippen LogP contribution in [-0.2, 0) is 10.5 Å². The Kier molecular flexibility index (Phi) is 8.83. The van der Waals surface area contributed by atoms with E-state index in [2.05, 4.69) is 20.3 Å². The van der Waals surface area contributed by atoms with E-state index in [9.17, 15) is 18.0 Å². The minimum Gasteiger partial charge on any atom is -0.476 e. The van der Waals surface area contributed by atoms with E-state index in [1.165, 1.54) is 0 Å². The predicted octanol–water partition coefficient (Wildman–Crippen LogP) is 4.35. The second kappa shape index (κ2) is 10.9. The van der Waals surface area contributed by atoms with Gasteiger partial charge in [-0.1, -0.05) is 23.2 Å². The minimum absolute atomic E-state index is 0.00995. The van der Waals surface area contributed by atoms with Gasteiger partial charge in [0, 0.05) is 29.8 Å². The number of aromatic carboxylic acids is 1. The molecule has 0 radical (unpaired) electrons. The van der Waals surface area contributed by atoms with Crippen LogP contribution in [0.2, 0.25) is 10.0 Å². The van der Waals surface area contributed by atoms with Gasteiger partial charge in [0.05, 0.1) is 10.0 Å². The maximum Gasteiger partial charge on any atom is 0.490 e. The average molecular weight is 501 g/mol. The third-order valence-corrected chi connectivity index (χ3v) is 6.35. The number of aromatic nitrogens is 3. The number of thioether (sulfide) groups is 1. The van der Waals surface area contributed by atoms with Crippen LogP contribution in [-0.4, -0.2) is 62.1 Å². The fourth-order valence-electron chi connectivity index (χ4n) is 2.68. The van der Waals surface area contributed by atoms with Crippen LogP contribution in [0.5, 0.6) is 0 Å². The van der Waals surface area contributed by atoms with Gasteiger partial charge in [-0.3, -0.25) is 0 Å². The number of hydrogen-bond acceptors (Lipinski definition) is 6. The Labute approximate surface area is 188 Å². The van der Waals surface area contributed by atoms with E-state index in [-0.39, 0.29) is 5.69 Å². The van der Waals surface area contributed by atoms with Crippen molar-refractivity contribution in [2.24, 2.45) is 0 Å². The van der Waals surface area contributed by atoms with Gasteiger partial charge < -0.3 is 15.1 Å². The number of aliphatic carboxylic acids is 1. The molecule has 3 rings (SSSR count). The lowest BCUT2D eigenvalue weighted by atomic mass is 10.1. The molecule has 2 heterocycles. The summed E-state index contributed by atoms with van der Waals surface area (Å²) >= 11 is 13.8. The molecular weight excluding hydrogens is 484 g/mol. The summed E-state index contributed by atoms with van der Waals surface area (Å²) in [4.78, 5) is 22.2. The fraction of sp³-hybridized carbons (Fsp3) is 0.412. The second-order valence-electron chi connectivity index (χ2n) is 6.32. The highest BCUT2D eigenvalue weighted by Gasteiger charge is 2.38. The number of piperidine rings is 1. The zero-order valence-electron chi connectivity index (χ0n) is 15.7. The molecule has 0 saturated carbocycles. The van der Waals surface area contributed by atoms with Crippen LogP contribution in [0.3, 0.4) is 0 Å². The first-order valence-electron chi connectivity index (χ1n) is 8.73. The molecule has 3 N–H and O–H groups in total. The first-order chi connectivity index (χ1) is 14.5. The summed E-state index contributed by atoms with van der Waals surface area (Å²) in [5.74, 6) is -3.25. The number of halogens is 5. The third-order valence-electron chi connectivity index (χ3n) is 4.23. The summed E-state index contributed by atoms with van der Waals surface area (Å²) < 4.78 is 31.7. The summed E-state index contributed by atoms with van der Waals surface area (Å²) in [5, 5.41) is 27.7. The lowest BCUT2D eigenvalue weighted by molar-refractivity contribution is -0.192. The van der Waals surface area contributed by atoms with Crippen molar-refractivity contribution in [1.82, 2.24) is 15.4 Å². The number of carbonyl (C=O) groups is 2. The van der Waals surface area contributed by atoms with Crippen LogP contribution in [0.15, 0.2) is 18.2 Å². The number of alkyl halides is 3. The number of nitrogens with zero attached hydrogens (tertiary/aromatic N) is 3. The molecule has 1 aromatic carbocycles. The first kappa shape index (κ1) is 25.1. The van der Waals surface area contributed by atoms with Crippen LogP contribution in [0, 0.1) is 0 Å². The maximum absolute atomic E-state index is 11.0. The van der Waals surface area contributed by atoms with E-state index in [0.717, 1.165) is 31.6 Å². The molecule has 1 saturated heterocycles. The highest BCUT2D eigenvalue weighted by molar-refractivity contribution is 7.99. The molecule has 8 nitrogen and oxygen atoms in total. The SMILES string of the molecule is O=C(O)C(F)(F)F.O=C(O)c1n[nH]nc1CSC1CCN(c2ccc(Cl)c(Cl)c2)CC1. The van der Waals surface area contributed by atoms with Crippen molar-refractivity contribution in [2.75, 3.05) is 18.0 Å². The van der Waals surface area contributed by atoms with E-state index >= 15 is 0 Å². The molecule has 0 aliphatic carbocycles. The first-order valence-corrected chi connectivity index (χ1v) is 10.5. The number of hydrogen-bond donors (Lipinski definition) is 3. The van der Waals surface area contributed by atoms with Crippen molar-refractivity contribution < 1.29 is 33.0 Å². The number of benzene rings is 1. The Morgan fingerprint density at radius 3 is 2.29 bits per heavy atom. The van der Waals surface area contributed by atoms with Crippen molar-refractivity contribution in [3.63, 3.8) is 0 Å². The summed E-state index contributed by atoms with van der Waals surface area (Å²) in [6, 6.07) is 5.69. The Hall–Kier alpha value is -2.18. The van der Waals surface area contributed by atoms with Crippen molar-refractivity contribution in [3.05, 3.63) is 39.6 Å². The molecule has 1 aliphatic rings. The lowest BCUT2D eigenvalue weighted by Crippen LogP contribution is -2.34. The average Bonchev–Trinajstić information content (AvgIpc) is 3.18. The largest absolute Gasteiger partial charge is 0.490 e. The van der Waals surface area contributed by atoms with Gasteiger partial charge in [0.1, 0.15) is 5.69 Å². The number of carboxylic acids is 2. The normalized spacial score (nSPS) is 14.7. The molecule has 170 valence electrons. The Morgan fingerprint density at radius 2 is 1.77 bits per heavy atom. The van der Waals surface area contributed by atoms with E-state index in [4.69, 9.17) is 38.2 Å². The summed E-state index contributed by atoms with van der Waals surface area (Å²) in [7, 11) is 0. The molecule has 0 bridgehead atoms. The van der Waals surface area contributed by atoms with Crippen LogP contribution >= 0.6 is 35.0 Å². The standard InChI is InChI=1S/C15H16Cl2N4O2S.C2HF3O2/c16-11-2-1-9(7-12(11)17)21-5-3-10(4-6-21)24-8-13-14(15(22)23)19-20-18-13;3-2(4,5)1(6)7/h1-2,7,10H,3-6,8H2,(H,22,23)(H,18,19,20);(H,6,7). The molecule has 1 aliphatic heterocycles. The predicted molar refractivity (Wildman–Crippen MR) is 110 cm³/mol. The molecule has 31 heavy (non-hydrogen) atoms. The monoisotopic (exact) mass is 500 g/mol. The molecule has 0 amide bonds. The van der Waals surface area contributed by atoms with Crippen molar-refractivity contribution in [2.45, 2.75) is 30.0 Å². The smallest absolute Gasteiger partial charge is 0.476 e. The highest BCUT2D eigenvalue weighted by atomic mass is 35.5. The summed E-state index contributed by atoms with van der Waals surface area (Å²) in [5.41, 5.74) is 1.59. The molecule has 0 atom stereocenters. The number of H-pyrrole nitrogens is 1. The molecular formula is C17H17Cl2F3N4O4S. The number of aromatic amines is 1. The van der Waals surface area contributed by atoms with E-state index in [1.54, 1.807) is 11.8 Å². The topological polar surface area (TPSA) is 119 Å². The lowest BCUT2D eigenvalue weighted by Gasteiger charge is -2.33. The van der Waals surface area contributed by atoms with Gasteiger partial charge in [-0.25, -0.2) is 9.59 Å². The van der Waals surface area contributed by atoms with Gasteiger partial charge >= 0.3 is 18.1 Å². The number of anilines is 1. The van der Waals surface area contributed by atoms with Gasteiger partial charge in [0.25, 0.3) is 0 Å². The van der Waals surface area contributed by atoms with Gasteiger partial charge in [0.2, 0.25) is 0 Å². The van der Waals surface area contributed by atoms with Crippen molar-refractivity contribution in [1.29, 1.82) is 0 Å². The van der Waals surface area contributed by atoms with Crippen LogP contribution in [0.1, 0.15) is 29.0 Å². The summed E-state index contributed by atoms with van der Waals surface area (Å²) in [6.45, 7) is 1.86. The van der Waals surface area contributed by atoms with Crippen LogP contribution in [0.25, 0.3) is 0 Å². The maximum atomic E-state index is 11.0. The van der Waals surface area contributed by atoms with Crippen molar-refractivity contribution in [3.8, 4) is 0 Å². The molecule has 14 heteroatoms. The zero-order valence-corrected chi connectivity index (χ0v) is 18.0. The molecule has 0 spiro atoms. The molecule has 1 aromatic heterocycles. The van der Waals surface area contributed by atoms with Crippen LogP contribution < -0.4 is 4.90 Å². The van der Waals surface area contributed by atoms with Gasteiger partial charge in [-0.15, -0.1) is 5.10 Å². The van der Waals surface area contributed by atoms with Crippen molar-refractivity contribution >= 4 is 52.6 Å². The Morgan fingerprint density at radius 1 is 1.16 bits per heavy atom. The summed E-state index contributed by atoms with van der Waals surface area (Å²) in [6.07, 6.45) is -3.05. The van der Waals surface area contributed by atoms with E-state index < -0.39 is 18.1 Å². The van der Waals surface area contributed by atoms with E-state index in [1.807, 2.05) is 18.2 Å². The second-order valence-corrected chi connectivity index (χ2v) is 8.43. The van der Waals surface area contributed by atoms with Gasteiger partial charge in [-0.05, 0) is 31.0 Å². The Balaban J connectivity index is 0.000000423. The third kappa shape index (κ3) is 7.47. The molecule has 1 fully saturated rings. The highest BCUT2D eigenvalue weighted by Crippen LogP contribution is 2.32. The minimum atomic E-state index is -5.08. The number of nitrogens with one attached hydrogen (secondary N) is 1. The zero-order chi connectivity index (χ0) is 23.2. The Bertz CT molecular complexity index is 921. The van der Waals surface area contributed by atoms with Crippen LogP contribution in [0.4, 0.5) is 18.9 Å². The molecule has 0 unspecified atom stereocenters. The number of carboxylic acid groups (broad SMARTS) is 2. The fourth-order valence-corrected chi connectivity index (χ4v) is 4.12. The molecule has 2 aromatic rings.